The van der Waals surface area contributed by atoms with Gasteiger partial charge in [0.05, 0.1) is 25.2 Å². The van der Waals surface area contributed by atoms with E-state index in [9.17, 15) is 14.7 Å². The van der Waals surface area contributed by atoms with Gasteiger partial charge < -0.3 is 15.2 Å². The molecule has 1 aromatic rings. The van der Waals surface area contributed by atoms with Crippen LogP contribution in [-0.2, 0) is 9.53 Å². The molecule has 0 bridgehead atoms. The third-order valence-corrected chi connectivity index (χ3v) is 3.29. The van der Waals surface area contributed by atoms with Crippen molar-refractivity contribution in [3.8, 4) is 0 Å². The van der Waals surface area contributed by atoms with Gasteiger partial charge in [0.15, 0.2) is 0 Å². The molecule has 0 aliphatic carbocycles. The number of nitrogens with one attached hydrogen (secondary N) is 2. The van der Waals surface area contributed by atoms with Gasteiger partial charge in [0.25, 0.3) is 5.91 Å². The number of amides is 2. The molecule has 0 unspecified atom stereocenters. The number of aliphatic hydroxyl groups excluding tert-OH is 1. The van der Waals surface area contributed by atoms with Crippen LogP contribution < -0.4 is 10.8 Å². The van der Waals surface area contributed by atoms with E-state index >= 15 is 0 Å². The van der Waals surface area contributed by atoms with Crippen LogP contribution in [0.3, 0.4) is 0 Å². The third kappa shape index (κ3) is 5.44. The maximum Gasteiger partial charge on any atom is 0.251 e. The quantitative estimate of drug-likeness (QED) is 0.406. The van der Waals surface area contributed by atoms with Gasteiger partial charge in [-0.2, -0.15) is 0 Å². The van der Waals surface area contributed by atoms with Gasteiger partial charge in [-0.05, 0) is 25.5 Å². The van der Waals surface area contributed by atoms with E-state index in [1.54, 1.807) is 17.6 Å². The van der Waals surface area contributed by atoms with Crippen molar-refractivity contribution in [2.45, 2.75) is 19.4 Å². The normalized spacial score (nSPS) is 13.3. The van der Waals surface area contributed by atoms with E-state index in [2.05, 4.69) is 5.32 Å². The number of carbonyl (C=O) groups excluding carboxylic acids is 2. The molecule has 0 saturated carbocycles. The van der Waals surface area contributed by atoms with Gasteiger partial charge in [-0.25, -0.2) is 5.48 Å². The molecule has 4 N–H and O–H groups in total. The van der Waals surface area contributed by atoms with Crippen LogP contribution in [0.2, 0.25) is 0 Å². The van der Waals surface area contributed by atoms with Crippen molar-refractivity contribution in [1.29, 1.82) is 0 Å². The Morgan fingerprint density at radius 2 is 1.91 bits per heavy atom. The molecule has 2 atom stereocenters. The number of hydroxylamine groups is 1. The van der Waals surface area contributed by atoms with E-state index in [0.29, 0.717) is 5.56 Å². The minimum atomic E-state index is -0.675. The number of aryl methyl sites for hydroxylation is 1. The van der Waals surface area contributed by atoms with Crippen LogP contribution >= 0.6 is 0 Å². The first-order chi connectivity index (χ1) is 10.5. The molecule has 0 heterocycles. The molecule has 0 aromatic heterocycles. The highest BCUT2D eigenvalue weighted by molar-refractivity contribution is 5.94. The Balaban J connectivity index is 2.68. The van der Waals surface area contributed by atoms with Crippen LogP contribution in [0.4, 0.5) is 0 Å². The average molecular weight is 310 g/mol. The number of hydrogen-bond donors (Lipinski definition) is 4. The molecule has 0 saturated heterocycles. The highest BCUT2D eigenvalue weighted by Gasteiger charge is 2.24. The molecule has 0 spiro atoms. The van der Waals surface area contributed by atoms with Gasteiger partial charge in [0.2, 0.25) is 5.91 Å². The van der Waals surface area contributed by atoms with E-state index in [1.165, 1.54) is 7.11 Å². The topological polar surface area (TPSA) is 108 Å². The van der Waals surface area contributed by atoms with E-state index in [-0.39, 0.29) is 25.5 Å². The molecule has 2 amide bonds. The number of rotatable bonds is 8. The van der Waals surface area contributed by atoms with Gasteiger partial charge in [0, 0.05) is 12.7 Å². The van der Waals surface area contributed by atoms with E-state index in [1.807, 2.05) is 19.1 Å². The Morgan fingerprint density at radius 3 is 2.41 bits per heavy atom. The number of hydrogen-bond acceptors (Lipinski definition) is 5. The second-order valence-electron chi connectivity index (χ2n) is 5.08. The molecule has 1 aromatic carbocycles. The Kier molecular flexibility index (Phi) is 7.51. The summed E-state index contributed by atoms with van der Waals surface area (Å²) < 4.78 is 4.91. The second kappa shape index (κ2) is 9.14. The number of ether oxygens (including phenoxy) is 1. The molecule has 0 fully saturated rings. The zero-order chi connectivity index (χ0) is 16.5. The van der Waals surface area contributed by atoms with Gasteiger partial charge in [-0.1, -0.05) is 17.7 Å². The fourth-order valence-corrected chi connectivity index (χ4v) is 2.04. The molecular formula is C15H22N2O5. The summed E-state index contributed by atoms with van der Waals surface area (Å²) in [5.41, 5.74) is 3.07. The first-order valence-corrected chi connectivity index (χ1v) is 6.93. The van der Waals surface area contributed by atoms with Gasteiger partial charge in [-0.15, -0.1) is 0 Å². The Bertz CT molecular complexity index is 489. The predicted octanol–water partition coefficient (Wildman–Crippen LogP) is 0.244. The van der Waals surface area contributed by atoms with E-state index in [0.717, 1.165) is 5.56 Å². The Morgan fingerprint density at radius 1 is 1.27 bits per heavy atom. The van der Waals surface area contributed by atoms with Crippen molar-refractivity contribution in [3.05, 3.63) is 35.4 Å². The molecule has 7 heteroatoms. The second-order valence-corrected chi connectivity index (χ2v) is 5.08. The standard InChI is InChI=1S/C15H22N2O5/c1-10-3-5-11(6-4-10)14(19)16-13(8-18)7-12(9-22-2)15(20)17-21/h3-6,12-13,18,21H,7-9H2,1-2H3,(H,16,19)(H,17,20)/t12-,13+/m1/s1. The Hall–Kier alpha value is -1.96. The van der Waals surface area contributed by atoms with Crippen LogP contribution in [0.1, 0.15) is 22.3 Å². The molecule has 0 aliphatic rings. The molecular weight excluding hydrogens is 288 g/mol. The molecule has 1 rings (SSSR count). The molecule has 122 valence electrons. The summed E-state index contributed by atoms with van der Waals surface area (Å²) in [4.78, 5) is 23.6. The maximum absolute atomic E-state index is 12.1. The highest BCUT2D eigenvalue weighted by Crippen LogP contribution is 2.10. The summed E-state index contributed by atoms with van der Waals surface area (Å²) >= 11 is 0. The zero-order valence-electron chi connectivity index (χ0n) is 12.7. The number of methoxy groups -OCH3 is 1. The average Bonchev–Trinajstić information content (AvgIpc) is 2.53. The minimum Gasteiger partial charge on any atom is -0.394 e. The highest BCUT2D eigenvalue weighted by atomic mass is 16.5. The molecule has 0 aliphatic heterocycles. The monoisotopic (exact) mass is 310 g/mol. The summed E-state index contributed by atoms with van der Waals surface area (Å²) in [5, 5.41) is 20.8. The minimum absolute atomic E-state index is 0.0727. The molecule has 22 heavy (non-hydrogen) atoms. The van der Waals surface area contributed by atoms with Crippen molar-refractivity contribution in [3.63, 3.8) is 0 Å². The largest absolute Gasteiger partial charge is 0.394 e. The fraction of sp³-hybridized carbons (Fsp3) is 0.467. The van der Waals surface area contributed by atoms with Crippen molar-refractivity contribution in [2.24, 2.45) is 5.92 Å². The lowest BCUT2D eigenvalue weighted by molar-refractivity contribution is -0.135. The zero-order valence-corrected chi connectivity index (χ0v) is 12.7. The van der Waals surface area contributed by atoms with E-state index < -0.39 is 17.9 Å². The number of carbonyl (C=O) groups is 2. The molecule has 7 nitrogen and oxygen atoms in total. The lowest BCUT2D eigenvalue weighted by Gasteiger charge is -2.21. The summed E-state index contributed by atoms with van der Waals surface area (Å²) in [5.74, 6) is -1.63. The van der Waals surface area contributed by atoms with Crippen molar-refractivity contribution in [2.75, 3.05) is 20.3 Å². The van der Waals surface area contributed by atoms with Gasteiger partial charge >= 0.3 is 0 Å². The summed E-state index contributed by atoms with van der Waals surface area (Å²) in [6.45, 7) is 1.67. The van der Waals surface area contributed by atoms with Crippen LogP contribution in [0.5, 0.6) is 0 Å². The summed E-state index contributed by atoms with van der Waals surface area (Å²) in [6.07, 6.45) is 0.147. The SMILES string of the molecule is COC[C@@H](C[C@@H](CO)NC(=O)c1ccc(C)cc1)C(=O)NO. The van der Waals surface area contributed by atoms with Crippen molar-refractivity contribution in [1.82, 2.24) is 10.8 Å². The van der Waals surface area contributed by atoms with Crippen LogP contribution in [0, 0.1) is 12.8 Å². The van der Waals surface area contributed by atoms with E-state index in [4.69, 9.17) is 9.94 Å². The molecule has 0 radical (unpaired) electrons. The number of aliphatic hydroxyl groups is 1. The number of benzene rings is 1. The predicted molar refractivity (Wildman–Crippen MR) is 79.4 cm³/mol. The summed E-state index contributed by atoms with van der Waals surface area (Å²) in [6, 6.07) is 6.38. The van der Waals surface area contributed by atoms with Crippen molar-refractivity contribution < 1.29 is 24.6 Å². The Labute approximate surface area is 129 Å². The first kappa shape index (κ1) is 18.1. The van der Waals surface area contributed by atoms with Gasteiger partial charge in [-0.3, -0.25) is 14.8 Å². The van der Waals surface area contributed by atoms with Crippen LogP contribution in [-0.4, -0.2) is 48.5 Å². The lowest BCUT2D eigenvalue weighted by atomic mass is 10.00. The van der Waals surface area contributed by atoms with Crippen molar-refractivity contribution >= 4 is 11.8 Å². The first-order valence-electron chi connectivity index (χ1n) is 6.93. The summed E-state index contributed by atoms with van der Waals surface area (Å²) in [7, 11) is 1.43. The maximum atomic E-state index is 12.1. The van der Waals surface area contributed by atoms with Crippen LogP contribution in [0.15, 0.2) is 24.3 Å². The third-order valence-electron chi connectivity index (χ3n) is 3.29. The fourth-order valence-electron chi connectivity index (χ4n) is 2.04. The lowest BCUT2D eigenvalue weighted by Crippen LogP contribution is -2.42. The van der Waals surface area contributed by atoms with Gasteiger partial charge in [0.1, 0.15) is 0 Å². The smallest absolute Gasteiger partial charge is 0.251 e. The van der Waals surface area contributed by atoms with Crippen LogP contribution in [0.25, 0.3) is 0 Å².